The SMILES string of the molecule is FC1OC(F)(F)C(F)(C(F)(F)F)OC(F)(F)C(F)(F)COC(F)(F)C(F)OC(F)(F)C(F)(C(F)(F)F)OC(F)(F)C(F)(F)COC1(F)F. The molecule has 6 nitrogen and oxygen atoms in total. The molecule has 4 unspecified atom stereocenters. The Hall–Kier alpha value is -2.06. The number of rotatable bonds is 0. The third-order valence-corrected chi connectivity index (χ3v) is 4.79. The topological polar surface area (TPSA) is 55.4 Å². The minimum atomic E-state index is -8.10. The van der Waals surface area contributed by atoms with Gasteiger partial charge in [0.15, 0.2) is 0 Å². The normalized spacial score (nSPS) is 36.1. The first-order valence-electron chi connectivity index (χ1n) is 10.4. The quantitative estimate of drug-likeness (QED) is 0.233. The fraction of sp³-hybridized carbons (Fsp3) is 1.00. The molecule has 0 aromatic heterocycles. The maximum absolute atomic E-state index is 14.1. The molecule has 1 fully saturated rings. The second-order valence-corrected chi connectivity index (χ2v) is 8.43. The Morgan fingerprint density at radius 3 is 0.833 bits per heavy atom. The van der Waals surface area contributed by atoms with Gasteiger partial charge in [0, 0.05) is 0 Å². The van der Waals surface area contributed by atoms with Crippen molar-refractivity contribution in [2.45, 2.75) is 85.3 Å². The van der Waals surface area contributed by atoms with Crippen LogP contribution >= 0.6 is 0 Å². The highest BCUT2D eigenvalue weighted by atomic mass is 19.4. The van der Waals surface area contributed by atoms with Crippen LogP contribution in [0.4, 0.5) is 114 Å². The first-order valence-corrected chi connectivity index (χ1v) is 10.4. The van der Waals surface area contributed by atoms with E-state index in [2.05, 4.69) is 9.47 Å². The lowest BCUT2D eigenvalue weighted by molar-refractivity contribution is -0.544. The lowest BCUT2D eigenvalue weighted by Crippen LogP contribution is -2.66. The van der Waals surface area contributed by atoms with Gasteiger partial charge in [-0.3, -0.25) is 18.9 Å². The molecule has 0 radical (unpaired) electrons. The minimum absolute atomic E-state index is 1.49. The monoisotopic (exact) mass is 788 g/mol. The Labute approximate surface area is 242 Å². The van der Waals surface area contributed by atoms with E-state index in [1.54, 1.807) is 9.47 Å². The molecule has 288 valence electrons. The number of hydrogen-bond acceptors (Lipinski definition) is 6. The third kappa shape index (κ3) is 8.11. The molecule has 0 aliphatic carbocycles. The summed E-state index contributed by atoms with van der Waals surface area (Å²) in [4.78, 5) is 0. The van der Waals surface area contributed by atoms with E-state index in [0.29, 0.717) is 0 Å². The average molecular weight is 788 g/mol. The van der Waals surface area contributed by atoms with E-state index in [1.807, 2.05) is 0 Å². The van der Waals surface area contributed by atoms with Crippen molar-refractivity contribution >= 4 is 0 Å². The fourth-order valence-electron chi connectivity index (χ4n) is 2.29. The predicted molar refractivity (Wildman–Crippen MR) is 85.4 cm³/mol. The third-order valence-electron chi connectivity index (χ3n) is 4.79. The molecule has 32 heteroatoms. The van der Waals surface area contributed by atoms with Gasteiger partial charge in [-0.2, -0.15) is 105 Å². The zero-order valence-corrected chi connectivity index (χ0v) is 20.8. The summed E-state index contributed by atoms with van der Waals surface area (Å²) in [5, 5.41) is 0. The zero-order chi connectivity index (χ0) is 38.8. The maximum Gasteiger partial charge on any atom is 0.458 e. The number of halogens is 26. The van der Waals surface area contributed by atoms with Crippen LogP contribution in [0.15, 0.2) is 0 Å². The van der Waals surface area contributed by atoms with Crippen LogP contribution in [0, 0.1) is 0 Å². The summed E-state index contributed by atoms with van der Waals surface area (Å²) in [7, 11) is 0. The summed E-state index contributed by atoms with van der Waals surface area (Å²) in [6, 6.07) is 0. The predicted octanol–water partition coefficient (Wildman–Crippen LogP) is 7.97. The van der Waals surface area contributed by atoms with Crippen LogP contribution in [0.3, 0.4) is 0 Å². The van der Waals surface area contributed by atoms with Gasteiger partial charge in [0.25, 0.3) is 12.7 Å². The van der Waals surface area contributed by atoms with Crippen molar-refractivity contribution in [1.29, 1.82) is 0 Å². The van der Waals surface area contributed by atoms with Gasteiger partial charge in [0.2, 0.25) is 0 Å². The van der Waals surface area contributed by atoms with Crippen LogP contribution in [0.25, 0.3) is 0 Å². The molecule has 1 aliphatic rings. The largest absolute Gasteiger partial charge is 0.458 e. The van der Waals surface area contributed by atoms with Crippen molar-refractivity contribution in [3.8, 4) is 0 Å². The average Bonchev–Trinajstić information content (AvgIpc) is 2.83. The minimum Gasteiger partial charge on any atom is -0.309 e. The van der Waals surface area contributed by atoms with Crippen molar-refractivity contribution in [3.05, 3.63) is 0 Å². The molecule has 0 N–H and O–H groups in total. The Kier molecular flexibility index (Phi) is 11.3. The summed E-state index contributed by atoms with van der Waals surface area (Å²) < 4.78 is 363. The lowest BCUT2D eigenvalue weighted by atomic mass is 10.2. The second kappa shape index (κ2) is 12.3. The zero-order valence-electron chi connectivity index (χ0n) is 20.8. The van der Waals surface area contributed by atoms with Crippen LogP contribution in [0.2, 0.25) is 0 Å². The fourth-order valence-corrected chi connectivity index (χ4v) is 2.29. The van der Waals surface area contributed by atoms with Crippen LogP contribution in [-0.2, 0) is 28.4 Å². The van der Waals surface area contributed by atoms with E-state index in [1.165, 1.54) is 9.47 Å². The van der Waals surface area contributed by atoms with E-state index in [4.69, 9.17) is 0 Å². The van der Waals surface area contributed by atoms with Crippen molar-refractivity contribution in [2.24, 2.45) is 0 Å². The van der Waals surface area contributed by atoms with E-state index in [-0.39, 0.29) is 0 Å². The highest BCUT2D eigenvalue weighted by molar-refractivity contribution is 4.93. The molecule has 0 aromatic carbocycles. The van der Waals surface area contributed by atoms with E-state index in [9.17, 15) is 114 Å². The first kappa shape index (κ1) is 44.0. The maximum atomic E-state index is 14.1. The van der Waals surface area contributed by atoms with Gasteiger partial charge in [0.05, 0.1) is 0 Å². The van der Waals surface area contributed by atoms with E-state index in [0.717, 1.165) is 0 Å². The Balaban J connectivity index is 3.96. The molecule has 48 heavy (non-hydrogen) atoms. The van der Waals surface area contributed by atoms with Crippen LogP contribution < -0.4 is 0 Å². The smallest absolute Gasteiger partial charge is 0.309 e. The Morgan fingerprint density at radius 1 is 0.396 bits per heavy atom. The van der Waals surface area contributed by atoms with Crippen LogP contribution in [0.5, 0.6) is 0 Å². The standard InChI is InChI=1S/C16H6F26O6/c17-3-7(23,24)43-1-5(19,20)13(35,36)47-9(27,11(29,30)31)15(39,40)46-4(18)8(25,26)44-2-6(21,22)14(37,38)48-10(28,12(32,33)34)16(41,42)45-3/h3-4H,1-2H2. The van der Waals surface area contributed by atoms with Gasteiger partial charge in [0.1, 0.15) is 13.2 Å². The van der Waals surface area contributed by atoms with Crippen molar-refractivity contribution in [2.75, 3.05) is 13.2 Å². The molecule has 1 heterocycles. The summed E-state index contributed by atoms with van der Waals surface area (Å²) in [5.74, 6) is -30.8. The summed E-state index contributed by atoms with van der Waals surface area (Å²) in [6.07, 6.45) is -73.8. The number of ether oxygens (including phenoxy) is 6. The molecule has 0 saturated carbocycles. The summed E-state index contributed by atoms with van der Waals surface area (Å²) in [6.45, 7) is -8.69. The molecule has 4 atom stereocenters. The van der Waals surface area contributed by atoms with Crippen LogP contribution in [-0.4, -0.2) is 98.5 Å². The Bertz CT molecular complexity index is 1030. The van der Waals surface area contributed by atoms with Crippen LogP contribution in [0.1, 0.15) is 0 Å². The van der Waals surface area contributed by atoms with Crippen molar-refractivity contribution in [3.63, 3.8) is 0 Å². The molecule has 0 amide bonds. The van der Waals surface area contributed by atoms with Crippen molar-refractivity contribution in [1.82, 2.24) is 0 Å². The van der Waals surface area contributed by atoms with E-state index >= 15 is 0 Å². The lowest BCUT2D eigenvalue weighted by Gasteiger charge is -2.40. The van der Waals surface area contributed by atoms with Gasteiger partial charge in [-0.25, -0.2) is 8.78 Å². The van der Waals surface area contributed by atoms with Gasteiger partial charge in [-0.15, -0.1) is 0 Å². The molecule has 0 bridgehead atoms. The highest BCUT2D eigenvalue weighted by Crippen LogP contribution is 2.55. The van der Waals surface area contributed by atoms with Gasteiger partial charge in [-0.05, 0) is 0 Å². The van der Waals surface area contributed by atoms with Gasteiger partial charge in [-0.1, -0.05) is 0 Å². The molecule has 1 saturated heterocycles. The highest BCUT2D eigenvalue weighted by Gasteiger charge is 2.83. The molecule has 0 aromatic rings. The van der Waals surface area contributed by atoms with Crippen molar-refractivity contribution < 1.29 is 143 Å². The molecular weight excluding hydrogens is 782 g/mol. The second-order valence-electron chi connectivity index (χ2n) is 8.43. The molecule has 1 aliphatic heterocycles. The molecular formula is C16H6F26O6. The van der Waals surface area contributed by atoms with Gasteiger partial charge < -0.3 is 9.47 Å². The molecule has 1 rings (SSSR count). The number of hydrogen-bond donors (Lipinski definition) is 0. The number of alkyl halides is 26. The first-order chi connectivity index (χ1) is 20.6. The van der Waals surface area contributed by atoms with E-state index < -0.39 is 98.5 Å². The van der Waals surface area contributed by atoms with Gasteiger partial charge >= 0.3 is 72.6 Å². The summed E-state index contributed by atoms with van der Waals surface area (Å²) in [5.41, 5.74) is 0. The Morgan fingerprint density at radius 2 is 0.625 bits per heavy atom. The molecule has 0 spiro atoms. The summed E-state index contributed by atoms with van der Waals surface area (Å²) >= 11 is 0.